The Morgan fingerprint density at radius 3 is 2.18 bits per heavy atom. The van der Waals surface area contributed by atoms with Gasteiger partial charge in [-0.25, -0.2) is 0 Å². The lowest BCUT2D eigenvalue weighted by molar-refractivity contribution is -0.122. The third-order valence-electron chi connectivity index (χ3n) is 1.64. The highest BCUT2D eigenvalue weighted by Gasteiger charge is 2.04. The van der Waals surface area contributed by atoms with E-state index < -0.39 is 0 Å². The average Bonchev–Trinajstić information content (AvgIpc) is 2.01. The predicted octanol–water partition coefficient (Wildman–Crippen LogP) is 0.464. The van der Waals surface area contributed by atoms with E-state index in [1.165, 1.54) is 0 Å². The van der Waals surface area contributed by atoms with Crippen molar-refractivity contribution in [1.82, 2.24) is 10.2 Å². The van der Waals surface area contributed by atoms with Gasteiger partial charge in [-0.15, -0.1) is 0 Å². The Kier molecular flexibility index (Phi) is 5.84. The standard InChI is InChI=1S/C8H18N2O/c1-4-9-8(11)7-10(5-2)6-3/h4-7H2,1-3H3,(H,9,11). The van der Waals surface area contributed by atoms with Crippen LogP contribution in [0.1, 0.15) is 20.8 Å². The summed E-state index contributed by atoms with van der Waals surface area (Å²) in [5.41, 5.74) is 0. The smallest absolute Gasteiger partial charge is 0.234 e. The number of likely N-dealkylation sites (N-methyl/N-ethyl adjacent to an activating group) is 2. The number of rotatable bonds is 5. The van der Waals surface area contributed by atoms with Gasteiger partial charge in [-0.2, -0.15) is 0 Å². The molecule has 0 aliphatic rings. The second-order valence-corrected chi connectivity index (χ2v) is 2.41. The first-order valence-corrected chi connectivity index (χ1v) is 4.23. The molecule has 0 saturated carbocycles. The van der Waals surface area contributed by atoms with Gasteiger partial charge < -0.3 is 5.32 Å². The van der Waals surface area contributed by atoms with E-state index in [2.05, 4.69) is 24.1 Å². The maximum absolute atomic E-state index is 11.0. The third-order valence-corrected chi connectivity index (χ3v) is 1.64. The van der Waals surface area contributed by atoms with Crippen LogP contribution in [0.2, 0.25) is 0 Å². The van der Waals surface area contributed by atoms with Gasteiger partial charge in [-0.1, -0.05) is 13.8 Å². The van der Waals surface area contributed by atoms with Crippen LogP contribution >= 0.6 is 0 Å². The zero-order chi connectivity index (χ0) is 8.69. The van der Waals surface area contributed by atoms with Gasteiger partial charge in [0.2, 0.25) is 5.91 Å². The first-order valence-electron chi connectivity index (χ1n) is 4.23. The highest BCUT2D eigenvalue weighted by Crippen LogP contribution is 1.84. The Bertz CT molecular complexity index is 111. The minimum absolute atomic E-state index is 0.121. The first-order chi connectivity index (χ1) is 5.24. The SMILES string of the molecule is CCNC(=O)CN(CC)CC. The van der Waals surface area contributed by atoms with Crippen molar-refractivity contribution >= 4 is 5.91 Å². The molecule has 1 amide bonds. The first kappa shape index (κ1) is 10.4. The normalized spacial score (nSPS) is 10.2. The molecule has 0 unspecified atom stereocenters. The Morgan fingerprint density at radius 1 is 1.27 bits per heavy atom. The van der Waals surface area contributed by atoms with Crippen LogP contribution in [0.3, 0.4) is 0 Å². The minimum Gasteiger partial charge on any atom is -0.355 e. The maximum Gasteiger partial charge on any atom is 0.234 e. The molecule has 0 heterocycles. The molecule has 0 atom stereocenters. The van der Waals surface area contributed by atoms with Crippen molar-refractivity contribution in [2.75, 3.05) is 26.2 Å². The number of hydrogen-bond acceptors (Lipinski definition) is 2. The van der Waals surface area contributed by atoms with Gasteiger partial charge in [0.05, 0.1) is 6.54 Å². The molecule has 0 saturated heterocycles. The van der Waals surface area contributed by atoms with E-state index in [1.54, 1.807) is 0 Å². The molecule has 3 nitrogen and oxygen atoms in total. The number of carbonyl (C=O) groups excluding carboxylic acids is 1. The van der Waals surface area contributed by atoms with Crippen LogP contribution in [0.15, 0.2) is 0 Å². The van der Waals surface area contributed by atoms with Gasteiger partial charge in [0.25, 0.3) is 0 Å². The van der Waals surface area contributed by atoms with E-state index in [9.17, 15) is 4.79 Å². The van der Waals surface area contributed by atoms with Gasteiger partial charge in [0, 0.05) is 6.54 Å². The summed E-state index contributed by atoms with van der Waals surface area (Å²) in [6.07, 6.45) is 0. The summed E-state index contributed by atoms with van der Waals surface area (Å²) in [6, 6.07) is 0. The van der Waals surface area contributed by atoms with Crippen molar-refractivity contribution in [2.45, 2.75) is 20.8 Å². The van der Waals surface area contributed by atoms with Crippen molar-refractivity contribution in [1.29, 1.82) is 0 Å². The lowest BCUT2D eigenvalue weighted by atomic mass is 10.4. The van der Waals surface area contributed by atoms with Crippen LogP contribution in [-0.4, -0.2) is 37.0 Å². The summed E-state index contributed by atoms with van der Waals surface area (Å²) >= 11 is 0. The monoisotopic (exact) mass is 158 g/mol. The fraction of sp³-hybridized carbons (Fsp3) is 0.875. The molecule has 11 heavy (non-hydrogen) atoms. The molecule has 1 N–H and O–H groups in total. The summed E-state index contributed by atoms with van der Waals surface area (Å²) in [5.74, 6) is 0.121. The van der Waals surface area contributed by atoms with Gasteiger partial charge in [0.1, 0.15) is 0 Å². The topological polar surface area (TPSA) is 32.3 Å². The molecule has 0 aliphatic heterocycles. The zero-order valence-electron chi connectivity index (χ0n) is 7.68. The number of nitrogens with one attached hydrogen (secondary N) is 1. The van der Waals surface area contributed by atoms with E-state index in [4.69, 9.17) is 0 Å². The van der Waals surface area contributed by atoms with Crippen molar-refractivity contribution in [3.05, 3.63) is 0 Å². The molecule has 0 spiro atoms. The summed E-state index contributed by atoms with van der Waals surface area (Å²) in [7, 11) is 0. The van der Waals surface area contributed by atoms with Crippen molar-refractivity contribution in [3.8, 4) is 0 Å². The minimum atomic E-state index is 0.121. The van der Waals surface area contributed by atoms with E-state index in [1.807, 2.05) is 6.92 Å². The predicted molar refractivity (Wildman–Crippen MR) is 46.5 cm³/mol. The maximum atomic E-state index is 11.0. The fourth-order valence-corrected chi connectivity index (χ4v) is 0.903. The number of hydrogen-bond donors (Lipinski definition) is 1. The molecular formula is C8H18N2O. The number of amides is 1. The number of nitrogens with zero attached hydrogens (tertiary/aromatic N) is 1. The Labute approximate surface area is 68.8 Å². The molecule has 0 radical (unpaired) electrons. The molecule has 0 fully saturated rings. The van der Waals surface area contributed by atoms with E-state index in [0.29, 0.717) is 6.54 Å². The highest BCUT2D eigenvalue weighted by atomic mass is 16.1. The summed E-state index contributed by atoms with van der Waals surface area (Å²) in [4.78, 5) is 13.1. The van der Waals surface area contributed by atoms with E-state index >= 15 is 0 Å². The summed E-state index contributed by atoms with van der Waals surface area (Å²) < 4.78 is 0. The molecule has 0 aromatic heterocycles. The Morgan fingerprint density at radius 2 is 1.82 bits per heavy atom. The van der Waals surface area contributed by atoms with Crippen LogP contribution in [0, 0.1) is 0 Å². The van der Waals surface area contributed by atoms with Crippen LogP contribution < -0.4 is 5.32 Å². The van der Waals surface area contributed by atoms with Gasteiger partial charge in [0.15, 0.2) is 0 Å². The van der Waals surface area contributed by atoms with Crippen molar-refractivity contribution in [2.24, 2.45) is 0 Å². The molecule has 0 rings (SSSR count). The van der Waals surface area contributed by atoms with Crippen molar-refractivity contribution in [3.63, 3.8) is 0 Å². The molecular weight excluding hydrogens is 140 g/mol. The molecule has 0 bridgehead atoms. The van der Waals surface area contributed by atoms with Crippen LogP contribution in [-0.2, 0) is 4.79 Å². The Hall–Kier alpha value is -0.570. The Balaban J connectivity index is 3.54. The molecule has 66 valence electrons. The molecule has 0 aromatic carbocycles. The van der Waals surface area contributed by atoms with Gasteiger partial charge in [-0.3, -0.25) is 9.69 Å². The summed E-state index contributed by atoms with van der Waals surface area (Å²) in [5, 5.41) is 2.76. The molecule has 0 aliphatic carbocycles. The number of carbonyl (C=O) groups is 1. The lowest BCUT2D eigenvalue weighted by Gasteiger charge is -2.16. The average molecular weight is 158 g/mol. The van der Waals surface area contributed by atoms with Crippen LogP contribution in [0.5, 0.6) is 0 Å². The van der Waals surface area contributed by atoms with E-state index in [0.717, 1.165) is 19.6 Å². The molecule has 0 aromatic rings. The zero-order valence-corrected chi connectivity index (χ0v) is 7.68. The fourth-order valence-electron chi connectivity index (χ4n) is 0.903. The molecule has 3 heteroatoms. The summed E-state index contributed by atoms with van der Waals surface area (Å²) in [6.45, 7) is 9.17. The quantitative estimate of drug-likeness (QED) is 0.630. The van der Waals surface area contributed by atoms with Gasteiger partial charge in [-0.05, 0) is 20.0 Å². The third kappa shape index (κ3) is 4.79. The van der Waals surface area contributed by atoms with Gasteiger partial charge >= 0.3 is 0 Å². The van der Waals surface area contributed by atoms with E-state index in [-0.39, 0.29) is 5.91 Å². The second kappa shape index (κ2) is 6.16. The van der Waals surface area contributed by atoms with Crippen LogP contribution in [0.4, 0.5) is 0 Å². The lowest BCUT2D eigenvalue weighted by Crippen LogP contribution is -2.36. The second-order valence-electron chi connectivity index (χ2n) is 2.41. The van der Waals surface area contributed by atoms with Crippen molar-refractivity contribution < 1.29 is 4.79 Å². The largest absolute Gasteiger partial charge is 0.355 e. The highest BCUT2D eigenvalue weighted by molar-refractivity contribution is 5.77. The van der Waals surface area contributed by atoms with Crippen LogP contribution in [0.25, 0.3) is 0 Å².